The molecule has 0 aliphatic heterocycles. The number of hydrogen-bond donors (Lipinski definition) is 1. The normalized spacial score (nSPS) is 12.8. The van der Waals surface area contributed by atoms with Gasteiger partial charge in [0, 0.05) is 14.9 Å². The first-order valence-corrected chi connectivity index (χ1v) is 7.08. The smallest absolute Gasteiger partial charge is 0.194 e. The third-order valence-corrected chi connectivity index (χ3v) is 5.60. The summed E-state index contributed by atoms with van der Waals surface area (Å²) in [6, 6.07) is 3.40. The number of benzene rings is 1. The van der Waals surface area contributed by atoms with E-state index in [1.807, 2.05) is 0 Å². The average Bonchev–Trinajstić information content (AvgIpc) is 2.66. The van der Waals surface area contributed by atoms with Crippen LogP contribution in [0.3, 0.4) is 0 Å². The standard InChI is InChI=1S/C11H5Br2F3OS/c12-5-3-7(18-11(5)13)10(17)4-1-2-6(14)9(16)8(4)15/h1-3,10,17H. The van der Waals surface area contributed by atoms with Crippen LogP contribution in [0.4, 0.5) is 13.2 Å². The molecule has 0 bridgehead atoms. The van der Waals surface area contributed by atoms with Crippen molar-refractivity contribution in [1.29, 1.82) is 0 Å². The van der Waals surface area contributed by atoms with E-state index < -0.39 is 23.6 Å². The third-order valence-electron chi connectivity index (χ3n) is 2.29. The van der Waals surface area contributed by atoms with Crippen molar-refractivity contribution in [2.24, 2.45) is 0 Å². The number of rotatable bonds is 2. The lowest BCUT2D eigenvalue weighted by Crippen LogP contribution is -2.04. The van der Waals surface area contributed by atoms with E-state index >= 15 is 0 Å². The van der Waals surface area contributed by atoms with E-state index in [0.29, 0.717) is 9.35 Å². The second-order valence-electron chi connectivity index (χ2n) is 3.44. The van der Waals surface area contributed by atoms with Gasteiger partial charge in [0.25, 0.3) is 0 Å². The minimum atomic E-state index is -1.58. The van der Waals surface area contributed by atoms with E-state index in [2.05, 4.69) is 31.9 Å². The number of aliphatic hydroxyl groups excluding tert-OH is 1. The van der Waals surface area contributed by atoms with Gasteiger partial charge in [-0.05, 0) is 50.1 Å². The maximum atomic E-state index is 13.5. The first-order valence-electron chi connectivity index (χ1n) is 4.68. The summed E-state index contributed by atoms with van der Waals surface area (Å²) in [5.74, 6) is -4.23. The Balaban J connectivity index is 2.46. The number of aliphatic hydroxyl groups is 1. The van der Waals surface area contributed by atoms with Gasteiger partial charge >= 0.3 is 0 Å². The lowest BCUT2D eigenvalue weighted by atomic mass is 10.1. The van der Waals surface area contributed by atoms with Crippen molar-refractivity contribution < 1.29 is 18.3 Å². The van der Waals surface area contributed by atoms with Crippen molar-refractivity contribution in [2.45, 2.75) is 6.10 Å². The van der Waals surface area contributed by atoms with Crippen LogP contribution in [0.25, 0.3) is 0 Å². The van der Waals surface area contributed by atoms with Gasteiger partial charge in [0.1, 0.15) is 6.10 Å². The second kappa shape index (κ2) is 5.32. The molecule has 0 spiro atoms. The lowest BCUT2D eigenvalue weighted by Gasteiger charge is -2.10. The summed E-state index contributed by atoms with van der Waals surface area (Å²) in [6.45, 7) is 0. The summed E-state index contributed by atoms with van der Waals surface area (Å²) in [5.41, 5.74) is -0.296. The topological polar surface area (TPSA) is 20.2 Å². The number of thiophene rings is 1. The van der Waals surface area contributed by atoms with Gasteiger partial charge in [-0.25, -0.2) is 13.2 Å². The Morgan fingerprint density at radius 2 is 1.78 bits per heavy atom. The summed E-state index contributed by atoms with van der Waals surface area (Å²) in [4.78, 5) is 0.415. The maximum absolute atomic E-state index is 13.5. The van der Waals surface area contributed by atoms with Crippen LogP contribution in [-0.2, 0) is 0 Å². The van der Waals surface area contributed by atoms with Crippen molar-refractivity contribution in [3.63, 3.8) is 0 Å². The zero-order valence-corrected chi connectivity index (χ0v) is 12.5. The van der Waals surface area contributed by atoms with E-state index in [1.54, 1.807) is 6.07 Å². The summed E-state index contributed by atoms with van der Waals surface area (Å²) >= 11 is 7.63. The fourth-order valence-electron chi connectivity index (χ4n) is 1.40. The van der Waals surface area contributed by atoms with Gasteiger partial charge in [0.15, 0.2) is 17.5 Å². The molecule has 96 valence electrons. The Morgan fingerprint density at radius 1 is 1.11 bits per heavy atom. The Morgan fingerprint density at radius 3 is 2.33 bits per heavy atom. The number of halogens is 5. The van der Waals surface area contributed by atoms with Crippen LogP contribution in [0.2, 0.25) is 0 Å². The summed E-state index contributed by atoms with van der Waals surface area (Å²) in [6.07, 6.45) is -1.34. The van der Waals surface area contributed by atoms with E-state index in [4.69, 9.17) is 0 Å². The molecule has 18 heavy (non-hydrogen) atoms. The lowest BCUT2D eigenvalue weighted by molar-refractivity contribution is 0.216. The highest BCUT2D eigenvalue weighted by atomic mass is 79.9. The molecule has 7 heteroatoms. The van der Waals surface area contributed by atoms with E-state index in [-0.39, 0.29) is 5.56 Å². The Kier molecular flexibility index (Phi) is 4.15. The molecule has 1 nitrogen and oxygen atoms in total. The fourth-order valence-corrected chi connectivity index (χ4v) is 3.50. The van der Waals surface area contributed by atoms with Crippen LogP contribution in [0.5, 0.6) is 0 Å². The quantitative estimate of drug-likeness (QED) is 0.718. The van der Waals surface area contributed by atoms with Crippen LogP contribution in [-0.4, -0.2) is 5.11 Å². The average molecular weight is 402 g/mol. The molecule has 1 atom stereocenters. The van der Waals surface area contributed by atoms with Crippen molar-refractivity contribution in [2.75, 3.05) is 0 Å². The molecule has 0 saturated carbocycles. The molecule has 0 amide bonds. The molecule has 1 heterocycles. The van der Waals surface area contributed by atoms with Crippen molar-refractivity contribution in [1.82, 2.24) is 0 Å². The molecule has 1 unspecified atom stereocenters. The zero-order valence-electron chi connectivity index (χ0n) is 8.55. The molecule has 0 saturated heterocycles. The van der Waals surface area contributed by atoms with Gasteiger partial charge in [-0.15, -0.1) is 11.3 Å². The Bertz CT molecular complexity index is 581. The van der Waals surface area contributed by atoms with Crippen LogP contribution >= 0.6 is 43.2 Å². The zero-order chi connectivity index (χ0) is 13.4. The van der Waals surface area contributed by atoms with Crippen molar-refractivity contribution in [3.05, 3.63) is 54.4 Å². The van der Waals surface area contributed by atoms with E-state index in [9.17, 15) is 18.3 Å². The Hall–Kier alpha value is -0.370. The first-order chi connectivity index (χ1) is 8.41. The van der Waals surface area contributed by atoms with Crippen molar-refractivity contribution in [3.8, 4) is 0 Å². The predicted octanol–water partition coefficient (Wildman–Crippen LogP) is 4.77. The van der Waals surface area contributed by atoms with Gasteiger partial charge in [0.05, 0.1) is 3.79 Å². The predicted molar refractivity (Wildman–Crippen MR) is 70.1 cm³/mol. The minimum absolute atomic E-state index is 0.296. The molecular formula is C11H5Br2F3OS. The SMILES string of the molecule is OC(c1cc(Br)c(Br)s1)c1ccc(F)c(F)c1F. The first kappa shape index (κ1) is 14.0. The second-order valence-corrected chi connectivity index (χ2v) is 6.69. The molecule has 0 radical (unpaired) electrons. The molecule has 2 aromatic rings. The monoisotopic (exact) mass is 400 g/mol. The summed E-state index contributed by atoms with van der Waals surface area (Å²) in [7, 11) is 0. The highest BCUT2D eigenvalue weighted by molar-refractivity contribution is 9.13. The molecule has 0 fully saturated rings. The largest absolute Gasteiger partial charge is 0.383 e. The summed E-state index contributed by atoms with van der Waals surface area (Å²) < 4.78 is 40.8. The highest BCUT2D eigenvalue weighted by Crippen LogP contribution is 2.38. The molecule has 2 rings (SSSR count). The van der Waals surface area contributed by atoms with Crippen LogP contribution in [0.1, 0.15) is 16.5 Å². The number of hydrogen-bond acceptors (Lipinski definition) is 2. The molecule has 0 aliphatic carbocycles. The third kappa shape index (κ3) is 2.49. The maximum Gasteiger partial charge on any atom is 0.194 e. The Labute approximate surface area is 122 Å². The van der Waals surface area contributed by atoms with Gasteiger partial charge in [0.2, 0.25) is 0 Å². The van der Waals surface area contributed by atoms with E-state index in [0.717, 1.165) is 15.9 Å². The van der Waals surface area contributed by atoms with Crippen molar-refractivity contribution >= 4 is 43.2 Å². The summed E-state index contributed by atoms with van der Waals surface area (Å²) in [5, 5.41) is 9.97. The van der Waals surface area contributed by atoms with Crippen LogP contribution < -0.4 is 0 Å². The molecule has 1 aromatic carbocycles. The molecule has 1 aromatic heterocycles. The van der Waals surface area contributed by atoms with Crippen LogP contribution in [0, 0.1) is 17.5 Å². The highest BCUT2D eigenvalue weighted by Gasteiger charge is 2.22. The van der Waals surface area contributed by atoms with Gasteiger partial charge in [-0.2, -0.15) is 0 Å². The molecule has 0 aliphatic rings. The van der Waals surface area contributed by atoms with Gasteiger partial charge in [-0.3, -0.25) is 0 Å². The molecule has 1 N–H and O–H groups in total. The van der Waals surface area contributed by atoms with Crippen LogP contribution in [0.15, 0.2) is 26.5 Å². The van der Waals surface area contributed by atoms with E-state index in [1.165, 1.54) is 11.3 Å². The minimum Gasteiger partial charge on any atom is -0.383 e. The molecular weight excluding hydrogens is 397 g/mol. The van der Waals surface area contributed by atoms with Gasteiger partial charge in [-0.1, -0.05) is 0 Å². The van der Waals surface area contributed by atoms with Gasteiger partial charge < -0.3 is 5.11 Å². The fraction of sp³-hybridized carbons (Fsp3) is 0.0909.